The zero-order valence-electron chi connectivity index (χ0n) is 17.3. The smallest absolute Gasteiger partial charge is 0.329 e. The summed E-state index contributed by atoms with van der Waals surface area (Å²) in [5, 5.41) is 0. The molecule has 0 aliphatic carbocycles. The Morgan fingerprint density at radius 1 is 0.633 bits per heavy atom. The first kappa shape index (κ1) is 20.8. The number of carbonyl (C=O) groups is 2. The maximum atomic E-state index is 12.9. The molecule has 3 rings (SSSR count). The summed E-state index contributed by atoms with van der Waals surface area (Å²) < 4.78 is 0. The summed E-state index contributed by atoms with van der Waals surface area (Å²) in [6, 6.07) is 27.1. The van der Waals surface area contributed by atoms with Crippen LogP contribution in [-0.4, -0.2) is 43.9 Å². The van der Waals surface area contributed by atoms with Crippen molar-refractivity contribution in [3.63, 3.8) is 0 Å². The van der Waals surface area contributed by atoms with Gasteiger partial charge in [-0.2, -0.15) is 4.99 Å². The van der Waals surface area contributed by atoms with Crippen LogP contribution in [0.5, 0.6) is 0 Å². The van der Waals surface area contributed by atoms with Gasteiger partial charge in [0.25, 0.3) is 0 Å². The summed E-state index contributed by atoms with van der Waals surface area (Å²) in [4.78, 5) is 34.2. The number of amides is 4. The predicted molar refractivity (Wildman–Crippen MR) is 121 cm³/mol. The lowest BCUT2D eigenvalue weighted by molar-refractivity contribution is 0.205. The summed E-state index contributed by atoms with van der Waals surface area (Å²) in [6.45, 7) is 0. The second-order valence-electron chi connectivity index (χ2n) is 6.71. The number of rotatable bonds is 3. The second kappa shape index (κ2) is 9.52. The van der Waals surface area contributed by atoms with E-state index in [2.05, 4.69) is 4.99 Å². The van der Waals surface area contributed by atoms with Gasteiger partial charge in [0.15, 0.2) is 0 Å². The largest absolute Gasteiger partial charge is 0.353 e. The molecule has 0 unspecified atom stereocenters. The Kier molecular flexibility index (Phi) is 6.60. The van der Waals surface area contributed by atoms with Crippen LogP contribution in [0.25, 0.3) is 0 Å². The van der Waals surface area contributed by atoms with Crippen molar-refractivity contribution in [1.82, 2.24) is 4.90 Å². The third-order valence-electron chi connectivity index (χ3n) is 4.70. The van der Waals surface area contributed by atoms with Crippen molar-refractivity contribution in [3.8, 4) is 0 Å². The summed E-state index contributed by atoms with van der Waals surface area (Å²) in [6.07, 6.45) is 0. The van der Waals surface area contributed by atoms with Gasteiger partial charge in [-0.05, 0) is 24.3 Å². The summed E-state index contributed by atoms with van der Waals surface area (Å²) in [5.41, 5.74) is 2.34. The van der Waals surface area contributed by atoms with E-state index in [0.29, 0.717) is 11.5 Å². The fourth-order valence-electron chi connectivity index (χ4n) is 2.93. The van der Waals surface area contributed by atoms with Gasteiger partial charge in [0.1, 0.15) is 5.84 Å². The maximum absolute atomic E-state index is 12.9. The molecule has 0 bridgehead atoms. The number of urea groups is 2. The van der Waals surface area contributed by atoms with E-state index in [1.54, 1.807) is 19.2 Å². The number of amidine groups is 1. The van der Waals surface area contributed by atoms with E-state index >= 15 is 0 Å². The molecule has 0 aliphatic heterocycles. The zero-order chi connectivity index (χ0) is 21.5. The zero-order valence-corrected chi connectivity index (χ0v) is 17.3. The Bertz CT molecular complexity index is 1020. The highest BCUT2D eigenvalue weighted by Gasteiger charge is 2.23. The molecule has 0 heterocycles. The van der Waals surface area contributed by atoms with Crippen molar-refractivity contribution < 1.29 is 9.59 Å². The van der Waals surface area contributed by atoms with Gasteiger partial charge in [-0.1, -0.05) is 66.7 Å². The third-order valence-corrected chi connectivity index (χ3v) is 4.70. The van der Waals surface area contributed by atoms with Crippen LogP contribution >= 0.6 is 0 Å². The Morgan fingerprint density at radius 3 is 1.57 bits per heavy atom. The molecular formula is C24H24N4O2. The standard InChI is InChI=1S/C24H24N4O2/c1-26(20-15-9-5-10-16-20)22(19-13-7-4-8-14-19)25-23(29)28(3)24(30)27(2)21-17-11-6-12-18-21/h4-18H,1-3H3/b25-22+. The van der Waals surface area contributed by atoms with Gasteiger partial charge in [0.05, 0.1) is 0 Å². The molecule has 0 fully saturated rings. The van der Waals surface area contributed by atoms with E-state index in [9.17, 15) is 9.59 Å². The van der Waals surface area contributed by atoms with Crippen LogP contribution in [0.4, 0.5) is 21.0 Å². The van der Waals surface area contributed by atoms with Crippen LogP contribution < -0.4 is 9.80 Å². The van der Waals surface area contributed by atoms with Crippen molar-refractivity contribution in [2.45, 2.75) is 0 Å². The van der Waals surface area contributed by atoms with Gasteiger partial charge >= 0.3 is 12.1 Å². The van der Waals surface area contributed by atoms with Crippen LogP contribution in [0.3, 0.4) is 0 Å². The Balaban J connectivity index is 1.90. The number of imide groups is 1. The SMILES string of the molecule is CN(C(=O)/N=C(\c1ccccc1)N(C)c1ccccc1)C(=O)N(C)c1ccccc1. The van der Waals surface area contributed by atoms with Gasteiger partial charge in [0.2, 0.25) is 0 Å². The number of hydrogen-bond donors (Lipinski definition) is 0. The lowest BCUT2D eigenvalue weighted by atomic mass is 10.2. The molecule has 0 saturated carbocycles. The number of carbonyl (C=O) groups excluding carboxylic acids is 2. The molecule has 3 aromatic carbocycles. The fourth-order valence-corrected chi connectivity index (χ4v) is 2.93. The van der Waals surface area contributed by atoms with Gasteiger partial charge in [-0.15, -0.1) is 0 Å². The molecule has 0 N–H and O–H groups in total. The Morgan fingerprint density at radius 2 is 1.07 bits per heavy atom. The predicted octanol–water partition coefficient (Wildman–Crippen LogP) is 4.88. The van der Waals surface area contributed by atoms with Gasteiger partial charge < -0.3 is 4.90 Å². The van der Waals surface area contributed by atoms with Crippen molar-refractivity contribution in [3.05, 3.63) is 96.6 Å². The molecular weight excluding hydrogens is 376 g/mol. The highest BCUT2D eigenvalue weighted by molar-refractivity contribution is 6.15. The number of anilines is 2. The maximum Gasteiger partial charge on any atom is 0.353 e. The van der Waals surface area contributed by atoms with E-state index in [1.165, 1.54) is 11.9 Å². The number of nitrogens with zero attached hydrogens (tertiary/aromatic N) is 4. The molecule has 0 atom stereocenters. The number of benzene rings is 3. The topological polar surface area (TPSA) is 56.2 Å². The van der Waals surface area contributed by atoms with E-state index in [1.807, 2.05) is 90.8 Å². The molecule has 4 amide bonds. The average Bonchev–Trinajstić information content (AvgIpc) is 2.82. The summed E-state index contributed by atoms with van der Waals surface area (Å²) in [5.74, 6) is 0.453. The monoisotopic (exact) mass is 400 g/mol. The molecule has 0 saturated heterocycles. The van der Waals surface area contributed by atoms with E-state index in [-0.39, 0.29) is 0 Å². The van der Waals surface area contributed by atoms with E-state index in [4.69, 9.17) is 0 Å². The molecule has 3 aromatic rings. The number of para-hydroxylation sites is 2. The first-order valence-electron chi connectivity index (χ1n) is 9.52. The number of aliphatic imine (C=N–C) groups is 1. The number of hydrogen-bond acceptors (Lipinski definition) is 2. The third kappa shape index (κ3) is 4.72. The first-order chi connectivity index (χ1) is 14.5. The lowest BCUT2D eigenvalue weighted by Crippen LogP contribution is -2.42. The average molecular weight is 400 g/mol. The molecule has 0 aromatic heterocycles. The second-order valence-corrected chi connectivity index (χ2v) is 6.71. The first-order valence-corrected chi connectivity index (χ1v) is 9.52. The van der Waals surface area contributed by atoms with E-state index in [0.717, 1.165) is 16.2 Å². The minimum atomic E-state index is -0.649. The summed E-state index contributed by atoms with van der Waals surface area (Å²) in [7, 11) is 4.89. The normalized spacial score (nSPS) is 11.0. The highest BCUT2D eigenvalue weighted by atomic mass is 16.2. The fraction of sp³-hybridized carbons (Fsp3) is 0.125. The van der Waals surface area contributed by atoms with Crippen LogP contribution in [-0.2, 0) is 0 Å². The van der Waals surface area contributed by atoms with Crippen molar-refractivity contribution in [1.29, 1.82) is 0 Å². The molecule has 0 spiro atoms. The van der Waals surface area contributed by atoms with Gasteiger partial charge in [-0.3, -0.25) is 4.90 Å². The minimum absolute atomic E-state index is 0.453. The molecule has 0 aliphatic rings. The van der Waals surface area contributed by atoms with Crippen LogP contribution in [0.2, 0.25) is 0 Å². The van der Waals surface area contributed by atoms with Crippen LogP contribution in [0, 0.1) is 0 Å². The molecule has 6 heteroatoms. The van der Waals surface area contributed by atoms with Crippen molar-refractivity contribution in [2.75, 3.05) is 30.9 Å². The van der Waals surface area contributed by atoms with Crippen molar-refractivity contribution >= 4 is 29.3 Å². The van der Waals surface area contributed by atoms with Gasteiger partial charge in [-0.25, -0.2) is 14.5 Å². The quantitative estimate of drug-likeness (QED) is 0.465. The highest BCUT2D eigenvalue weighted by Crippen LogP contribution is 2.17. The van der Waals surface area contributed by atoms with E-state index < -0.39 is 12.1 Å². The van der Waals surface area contributed by atoms with Gasteiger partial charge in [0, 0.05) is 38.1 Å². The Labute approximate surface area is 176 Å². The Hall–Kier alpha value is -3.93. The molecule has 152 valence electrons. The van der Waals surface area contributed by atoms with Crippen LogP contribution in [0.15, 0.2) is 96.0 Å². The van der Waals surface area contributed by atoms with Crippen LogP contribution in [0.1, 0.15) is 5.56 Å². The molecule has 0 radical (unpaired) electrons. The van der Waals surface area contributed by atoms with Crippen molar-refractivity contribution in [2.24, 2.45) is 4.99 Å². The lowest BCUT2D eigenvalue weighted by Gasteiger charge is -2.24. The summed E-state index contributed by atoms with van der Waals surface area (Å²) >= 11 is 0. The minimum Gasteiger partial charge on any atom is -0.329 e. The molecule has 6 nitrogen and oxygen atoms in total. The molecule has 30 heavy (non-hydrogen) atoms.